The van der Waals surface area contributed by atoms with E-state index in [0.717, 1.165) is 6.42 Å². The molecule has 0 spiro atoms. The summed E-state index contributed by atoms with van der Waals surface area (Å²) in [6, 6.07) is 0. The molecule has 1 aliphatic carbocycles. The molecule has 3 heteroatoms. The number of carbonyl (C=O) groups is 2. The summed E-state index contributed by atoms with van der Waals surface area (Å²) in [6.07, 6.45) is 1.99. The van der Waals surface area contributed by atoms with Crippen molar-refractivity contribution in [3.8, 4) is 0 Å². The largest absolute Gasteiger partial charge is 0.385 e. The number of hydrogen-bond donors (Lipinski definition) is 0. The number of methoxy groups -OCH3 is 1. The molecule has 0 N–H and O–H groups in total. The number of ketones is 2. The Hall–Kier alpha value is -0.700. The molecule has 0 atom stereocenters. The SMILES string of the molecule is COCCC1(C)CC(=O)CC(=O)C1. The summed E-state index contributed by atoms with van der Waals surface area (Å²) in [5, 5.41) is 0. The van der Waals surface area contributed by atoms with Crippen molar-refractivity contribution in [1.82, 2.24) is 0 Å². The predicted molar refractivity (Wildman–Crippen MR) is 48.5 cm³/mol. The van der Waals surface area contributed by atoms with E-state index in [1.165, 1.54) is 0 Å². The zero-order valence-corrected chi connectivity index (χ0v) is 8.26. The highest BCUT2D eigenvalue weighted by Gasteiger charge is 2.34. The third-order valence-electron chi connectivity index (χ3n) is 2.55. The molecule has 0 unspecified atom stereocenters. The van der Waals surface area contributed by atoms with Crippen molar-refractivity contribution < 1.29 is 14.3 Å². The summed E-state index contributed by atoms with van der Waals surface area (Å²) >= 11 is 0. The van der Waals surface area contributed by atoms with Gasteiger partial charge in [-0.15, -0.1) is 0 Å². The van der Waals surface area contributed by atoms with Gasteiger partial charge < -0.3 is 4.74 Å². The first-order chi connectivity index (χ1) is 6.06. The second kappa shape index (κ2) is 4.01. The van der Waals surface area contributed by atoms with E-state index in [1.807, 2.05) is 6.92 Å². The van der Waals surface area contributed by atoms with Crippen molar-refractivity contribution in [3.05, 3.63) is 0 Å². The number of carbonyl (C=O) groups excluding carboxylic acids is 2. The Morgan fingerprint density at radius 3 is 2.31 bits per heavy atom. The van der Waals surface area contributed by atoms with E-state index in [2.05, 4.69) is 0 Å². The van der Waals surface area contributed by atoms with Crippen LogP contribution in [0, 0.1) is 5.41 Å². The van der Waals surface area contributed by atoms with Gasteiger partial charge in [0, 0.05) is 26.6 Å². The normalized spacial score (nSPS) is 22.0. The third-order valence-corrected chi connectivity index (χ3v) is 2.55. The van der Waals surface area contributed by atoms with Crippen molar-refractivity contribution >= 4 is 11.6 Å². The van der Waals surface area contributed by atoms with Gasteiger partial charge in [0.2, 0.25) is 0 Å². The molecule has 0 heterocycles. The standard InChI is InChI=1S/C10H16O3/c1-10(3-4-13-2)6-8(11)5-9(12)7-10/h3-7H2,1-2H3. The summed E-state index contributed by atoms with van der Waals surface area (Å²) in [4.78, 5) is 22.4. The average Bonchev–Trinajstić information content (AvgIpc) is 1.98. The minimum absolute atomic E-state index is 0.0786. The van der Waals surface area contributed by atoms with Gasteiger partial charge in [-0.25, -0.2) is 0 Å². The van der Waals surface area contributed by atoms with Crippen LogP contribution < -0.4 is 0 Å². The molecule has 1 aliphatic rings. The Balaban J connectivity index is 2.55. The van der Waals surface area contributed by atoms with E-state index in [-0.39, 0.29) is 23.4 Å². The van der Waals surface area contributed by atoms with Crippen molar-refractivity contribution in [2.45, 2.75) is 32.6 Å². The lowest BCUT2D eigenvalue weighted by Gasteiger charge is -2.31. The lowest BCUT2D eigenvalue weighted by Crippen LogP contribution is -2.32. The number of rotatable bonds is 3. The monoisotopic (exact) mass is 184 g/mol. The highest BCUT2D eigenvalue weighted by atomic mass is 16.5. The molecule has 0 radical (unpaired) electrons. The second-order valence-corrected chi connectivity index (χ2v) is 4.16. The molecule has 0 aromatic heterocycles. The van der Waals surface area contributed by atoms with Crippen LogP contribution in [0.4, 0.5) is 0 Å². The van der Waals surface area contributed by atoms with Crippen LogP contribution in [0.1, 0.15) is 32.6 Å². The Bertz CT molecular complexity index is 204. The zero-order valence-electron chi connectivity index (χ0n) is 8.26. The van der Waals surface area contributed by atoms with E-state index >= 15 is 0 Å². The molecular weight excluding hydrogens is 168 g/mol. The van der Waals surface area contributed by atoms with Gasteiger partial charge in [0.15, 0.2) is 0 Å². The summed E-state index contributed by atoms with van der Waals surface area (Å²) in [6.45, 7) is 2.61. The second-order valence-electron chi connectivity index (χ2n) is 4.16. The van der Waals surface area contributed by atoms with Gasteiger partial charge in [-0.05, 0) is 11.8 Å². The first kappa shape index (κ1) is 10.4. The molecule has 0 amide bonds. The highest BCUT2D eigenvalue weighted by Crippen LogP contribution is 2.35. The summed E-state index contributed by atoms with van der Waals surface area (Å²) < 4.78 is 4.96. The molecule has 0 aromatic rings. The average molecular weight is 184 g/mol. The Labute approximate surface area is 78.5 Å². The Kier molecular flexibility index (Phi) is 3.20. The molecule has 13 heavy (non-hydrogen) atoms. The van der Waals surface area contributed by atoms with Crippen LogP contribution in [0.3, 0.4) is 0 Å². The molecule has 3 nitrogen and oxygen atoms in total. The first-order valence-corrected chi connectivity index (χ1v) is 4.58. The minimum atomic E-state index is -0.150. The Morgan fingerprint density at radius 2 is 1.85 bits per heavy atom. The van der Waals surface area contributed by atoms with E-state index in [1.54, 1.807) is 7.11 Å². The van der Waals surface area contributed by atoms with Crippen LogP contribution in [0.5, 0.6) is 0 Å². The van der Waals surface area contributed by atoms with Crippen LogP contribution in [-0.4, -0.2) is 25.3 Å². The van der Waals surface area contributed by atoms with Gasteiger partial charge in [-0.3, -0.25) is 9.59 Å². The third kappa shape index (κ3) is 2.92. The molecule has 1 rings (SSSR count). The van der Waals surface area contributed by atoms with Crippen LogP contribution >= 0.6 is 0 Å². The number of Topliss-reactive ketones (excluding diaryl/α,β-unsaturated/α-hetero) is 2. The van der Waals surface area contributed by atoms with Gasteiger partial charge in [-0.2, -0.15) is 0 Å². The smallest absolute Gasteiger partial charge is 0.140 e. The molecule has 1 fully saturated rings. The van der Waals surface area contributed by atoms with E-state index in [9.17, 15) is 9.59 Å². The number of hydrogen-bond acceptors (Lipinski definition) is 3. The van der Waals surface area contributed by atoms with Gasteiger partial charge in [0.05, 0.1) is 6.42 Å². The first-order valence-electron chi connectivity index (χ1n) is 4.58. The predicted octanol–water partition coefficient (Wildman–Crippen LogP) is 1.35. The quantitative estimate of drug-likeness (QED) is 0.622. The maximum atomic E-state index is 11.2. The molecule has 0 aromatic carbocycles. The maximum absolute atomic E-state index is 11.2. The molecule has 0 saturated heterocycles. The lowest BCUT2D eigenvalue weighted by atomic mass is 9.72. The molecule has 1 saturated carbocycles. The fourth-order valence-corrected chi connectivity index (χ4v) is 1.88. The molecule has 0 aliphatic heterocycles. The fourth-order valence-electron chi connectivity index (χ4n) is 1.88. The topological polar surface area (TPSA) is 43.4 Å². The van der Waals surface area contributed by atoms with E-state index < -0.39 is 0 Å². The van der Waals surface area contributed by atoms with E-state index in [0.29, 0.717) is 19.4 Å². The van der Waals surface area contributed by atoms with Crippen LogP contribution in [-0.2, 0) is 14.3 Å². The summed E-state index contributed by atoms with van der Waals surface area (Å²) in [5.74, 6) is 0.157. The van der Waals surface area contributed by atoms with Crippen molar-refractivity contribution in [2.24, 2.45) is 5.41 Å². The van der Waals surface area contributed by atoms with Crippen molar-refractivity contribution in [3.63, 3.8) is 0 Å². The fraction of sp³-hybridized carbons (Fsp3) is 0.800. The number of ether oxygens (including phenoxy) is 1. The van der Waals surface area contributed by atoms with Crippen LogP contribution in [0.2, 0.25) is 0 Å². The van der Waals surface area contributed by atoms with Crippen LogP contribution in [0.25, 0.3) is 0 Å². The molecular formula is C10H16O3. The molecule has 74 valence electrons. The Morgan fingerprint density at radius 1 is 1.31 bits per heavy atom. The summed E-state index contributed by atoms with van der Waals surface area (Å²) in [5.41, 5.74) is -0.150. The van der Waals surface area contributed by atoms with Crippen LogP contribution in [0.15, 0.2) is 0 Å². The van der Waals surface area contributed by atoms with Gasteiger partial charge in [0.1, 0.15) is 11.6 Å². The van der Waals surface area contributed by atoms with Gasteiger partial charge in [-0.1, -0.05) is 6.92 Å². The van der Waals surface area contributed by atoms with E-state index in [4.69, 9.17) is 4.74 Å². The highest BCUT2D eigenvalue weighted by molar-refractivity contribution is 6.02. The molecule has 0 bridgehead atoms. The minimum Gasteiger partial charge on any atom is -0.385 e. The van der Waals surface area contributed by atoms with Gasteiger partial charge in [0.25, 0.3) is 0 Å². The zero-order chi connectivity index (χ0) is 9.90. The lowest BCUT2D eigenvalue weighted by molar-refractivity contribution is -0.134. The maximum Gasteiger partial charge on any atom is 0.140 e. The summed E-state index contributed by atoms with van der Waals surface area (Å²) in [7, 11) is 1.63. The van der Waals surface area contributed by atoms with Crippen molar-refractivity contribution in [2.75, 3.05) is 13.7 Å². The van der Waals surface area contributed by atoms with Crippen molar-refractivity contribution in [1.29, 1.82) is 0 Å². The van der Waals surface area contributed by atoms with Gasteiger partial charge >= 0.3 is 0 Å².